The van der Waals surface area contributed by atoms with Gasteiger partial charge in [-0.25, -0.2) is 0 Å². The number of piperidine rings is 1. The molecule has 0 aliphatic carbocycles. The number of nitrogens with one attached hydrogen (secondary N) is 1. The van der Waals surface area contributed by atoms with Crippen LogP contribution in [-0.2, 0) is 0 Å². The second-order valence-electron chi connectivity index (χ2n) is 6.84. The maximum Gasteiger partial charge on any atom is 0.255 e. The summed E-state index contributed by atoms with van der Waals surface area (Å²) in [6.45, 7) is 10.2. The van der Waals surface area contributed by atoms with Crippen LogP contribution < -0.4 is 5.32 Å². The Kier molecular flexibility index (Phi) is 4.31. The van der Waals surface area contributed by atoms with Gasteiger partial charge in [0.2, 0.25) is 0 Å². The minimum atomic E-state index is -0.0387. The van der Waals surface area contributed by atoms with Crippen LogP contribution in [0.3, 0.4) is 0 Å². The van der Waals surface area contributed by atoms with Crippen molar-refractivity contribution in [2.24, 2.45) is 5.92 Å². The maximum absolute atomic E-state index is 12.5. The van der Waals surface area contributed by atoms with Crippen molar-refractivity contribution in [3.63, 3.8) is 0 Å². The van der Waals surface area contributed by atoms with Gasteiger partial charge in [0.25, 0.3) is 5.91 Å². The number of carbonyl (C=O) groups excluding carboxylic acids is 1. The van der Waals surface area contributed by atoms with Gasteiger partial charge in [-0.15, -0.1) is 0 Å². The highest BCUT2D eigenvalue weighted by Crippen LogP contribution is 2.20. The van der Waals surface area contributed by atoms with Crippen molar-refractivity contribution >= 4 is 11.6 Å². The van der Waals surface area contributed by atoms with E-state index in [1.165, 1.54) is 6.42 Å². The van der Waals surface area contributed by atoms with Crippen molar-refractivity contribution in [1.82, 2.24) is 9.88 Å². The molecular weight excluding hydrogens is 250 g/mol. The standard InChI is InChI=1S/C16H25N3O/c1-12-6-5-7-19(11-12)15(20)13-8-14(10-17-9-13)18-16(2,3)4/h8-10,12,18H,5-7,11H2,1-4H3. The molecular formula is C16H25N3O. The molecule has 1 amide bonds. The van der Waals surface area contributed by atoms with E-state index in [0.29, 0.717) is 11.5 Å². The van der Waals surface area contributed by atoms with Gasteiger partial charge in [0.15, 0.2) is 0 Å². The Morgan fingerprint density at radius 3 is 2.80 bits per heavy atom. The van der Waals surface area contributed by atoms with E-state index in [1.54, 1.807) is 12.4 Å². The molecule has 2 rings (SSSR count). The molecule has 1 N–H and O–H groups in total. The quantitative estimate of drug-likeness (QED) is 0.901. The van der Waals surface area contributed by atoms with Gasteiger partial charge in [0, 0.05) is 31.0 Å². The first kappa shape index (κ1) is 14.8. The molecule has 1 aromatic rings. The minimum absolute atomic E-state index is 0.0387. The summed E-state index contributed by atoms with van der Waals surface area (Å²) in [5.41, 5.74) is 1.53. The number of pyridine rings is 1. The van der Waals surface area contributed by atoms with Crippen LogP contribution in [0.5, 0.6) is 0 Å². The minimum Gasteiger partial charge on any atom is -0.379 e. The number of carbonyl (C=O) groups is 1. The monoisotopic (exact) mass is 275 g/mol. The van der Waals surface area contributed by atoms with Crippen LogP contribution in [0, 0.1) is 5.92 Å². The van der Waals surface area contributed by atoms with Gasteiger partial charge in [-0.3, -0.25) is 9.78 Å². The number of likely N-dealkylation sites (tertiary alicyclic amines) is 1. The Hall–Kier alpha value is -1.58. The van der Waals surface area contributed by atoms with Gasteiger partial charge >= 0.3 is 0 Å². The number of hydrogen-bond donors (Lipinski definition) is 1. The van der Waals surface area contributed by atoms with E-state index in [2.05, 4.69) is 38.0 Å². The molecule has 4 nitrogen and oxygen atoms in total. The predicted molar refractivity (Wildman–Crippen MR) is 81.9 cm³/mol. The van der Waals surface area contributed by atoms with Crippen molar-refractivity contribution in [2.45, 2.75) is 46.1 Å². The second-order valence-corrected chi connectivity index (χ2v) is 6.84. The molecule has 20 heavy (non-hydrogen) atoms. The third-order valence-corrected chi connectivity index (χ3v) is 3.45. The highest BCUT2D eigenvalue weighted by molar-refractivity contribution is 5.94. The molecule has 0 bridgehead atoms. The van der Waals surface area contributed by atoms with Crippen LogP contribution in [0.15, 0.2) is 18.5 Å². The fraction of sp³-hybridized carbons (Fsp3) is 0.625. The zero-order valence-corrected chi connectivity index (χ0v) is 12.9. The van der Waals surface area contributed by atoms with E-state index in [4.69, 9.17) is 0 Å². The molecule has 2 heterocycles. The second kappa shape index (κ2) is 5.81. The van der Waals surface area contributed by atoms with E-state index in [9.17, 15) is 4.79 Å². The van der Waals surface area contributed by atoms with Crippen molar-refractivity contribution in [3.8, 4) is 0 Å². The van der Waals surface area contributed by atoms with Gasteiger partial charge in [0.05, 0.1) is 11.3 Å². The van der Waals surface area contributed by atoms with Crippen LogP contribution in [0.2, 0.25) is 0 Å². The molecule has 4 heteroatoms. The largest absolute Gasteiger partial charge is 0.379 e. The van der Waals surface area contributed by atoms with Crippen LogP contribution in [0.4, 0.5) is 5.69 Å². The normalized spacial score (nSPS) is 19.8. The summed E-state index contributed by atoms with van der Waals surface area (Å²) in [5, 5.41) is 3.35. The van der Waals surface area contributed by atoms with Crippen molar-refractivity contribution in [3.05, 3.63) is 24.0 Å². The first-order chi connectivity index (χ1) is 9.35. The lowest BCUT2D eigenvalue weighted by atomic mass is 9.99. The highest BCUT2D eigenvalue weighted by Gasteiger charge is 2.22. The SMILES string of the molecule is CC1CCCN(C(=O)c2cncc(NC(C)(C)C)c2)C1. The van der Waals surface area contributed by atoms with E-state index in [-0.39, 0.29) is 11.4 Å². The van der Waals surface area contributed by atoms with E-state index < -0.39 is 0 Å². The molecule has 0 radical (unpaired) electrons. The number of amides is 1. The third kappa shape index (κ3) is 3.95. The van der Waals surface area contributed by atoms with Crippen molar-refractivity contribution in [1.29, 1.82) is 0 Å². The van der Waals surface area contributed by atoms with Gasteiger partial charge in [-0.2, -0.15) is 0 Å². The summed E-state index contributed by atoms with van der Waals surface area (Å²) < 4.78 is 0. The fourth-order valence-electron chi connectivity index (χ4n) is 2.61. The Balaban J connectivity index is 2.12. The summed E-state index contributed by atoms with van der Waals surface area (Å²) in [6.07, 6.45) is 5.74. The summed E-state index contributed by atoms with van der Waals surface area (Å²) >= 11 is 0. The van der Waals surface area contributed by atoms with Gasteiger partial charge in [-0.1, -0.05) is 6.92 Å². The van der Waals surface area contributed by atoms with Gasteiger partial charge in [0.1, 0.15) is 0 Å². The number of anilines is 1. The lowest BCUT2D eigenvalue weighted by molar-refractivity contribution is 0.0682. The lowest BCUT2D eigenvalue weighted by Gasteiger charge is -2.31. The van der Waals surface area contributed by atoms with Gasteiger partial charge < -0.3 is 10.2 Å². The third-order valence-electron chi connectivity index (χ3n) is 3.45. The molecule has 110 valence electrons. The number of rotatable bonds is 2. The molecule has 0 saturated carbocycles. The van der Waals surface area contributed by atoms with E-state index >= 15 is 0 Å². The number of aromatic nitrogens is 1. The van der Waals surface area contributed by atoms with Gasteiger partial charge in [-0.05, 0) is 45.6 Å². The summed E-state index contributed by atoms with van der Waals surface area (Å²) in [4.78, 5) is 18.7. The van der Waals surface area contributed by atoms with Crippen LogP contribution in [0.25, 0.3) is 0 Å². The van der Waals surface area contributed by atoms with Crippen LogP contribution >= 0.6 is 0 Å². The first-order valence-corrected chi connectivity index (χ1v) is 7.38. The Morgan fingerprint density at radius 2 is 2.15 bits per heavy atom. The summed E-state index contributed by atoms with van der Waals surface area (Å²) in [7, 11) is 0. The molecule has 0 aromatic carbocycles. The first-order valence-electron chi connectivity index (χ1n) is 7.38. The number of nitrogens with zero attached hydrogens (tertiary/aromatic N) is 2. The van der Waals surface area contributed by atoms with Crippen LogP contribution in [0.1, 0.15) is 50.9 Å². The average molecular weight is 275 g/mol. The number of hydrogen-bond acceptors (Lipinski definition) is 3. The molecule has 1 aliphatic rings. The molecule has 1 aromatic heterocycles. The predicted octanol–water partition coefficient (Wildman–Crippen LogP) is 3.16. The summed E-state index contributed by atoms with van der Waals surface area (Å²) in [6, 6.07) is 1.90. The topological polar surface area (TPSA) is 45.2 Å². The average Bonchev–Trinajstić information content (AvgIpc) is 2.36. The molecule has 0 spiro atoms. The lowest BCUT2D eigenvalue weighted by Crippen LogP contribution is -2.39. The Labute approximate surface area is 121 Å². The zero-order chi connectivity index (χ0) is 14.8. The molecule has 1 aliphatic heterocycles. The maximum atomic E-state index is 12.5. The van der Waals surface area contributed by atoms with Crippen molar-refractivity contribution < 1.29 is 4.79 Å². The molecule has 1 saturated heterocycles. The fourth-order valence-corrected chi connectivity index (χ4v) is 2.61. The van der Waals surface area contributed by atoms with E-state index in [1.807, 2.05) is 11.0 Å². The molecule has 1 fully saturated rings. The highest BCUT2D eigenvalue weighted by atomic mass is 16.2. The van der Waals surface area contributed by atoms with E-state index in [0.717, 1.165) is 25.2 Å². The van der Waals surface area contributed by atoms with Crippen molar-refractivity contribution in [2.75, 3.05) is 18.4 Å². The van der Waals surface area contributed by atoms with Crippen LogP contribution in [-0.4, -0.2) is 34.4 Å². The smallest absolute Gasteiger partial charge is 0.255 e. The molecule has 1 unspecified atom stereocenters. The Bertz CT molecular complexity index is 479. The summed E-state index contributed by atoms with van der Waals surface area (Å²) in [5.74, 6) is 0.693. The molecule has 1 atom stereocenters. The zero-order valence-electron chi connectivity index (χ0n) is 12.9. The Morgan fingerprint density at radius 1 is 1.40 bits per heavy atom.